The maximum Gasteiger partial charge on any atom is 0.251 e. The highest BCUT2D eigenvalue weighted by atomic mass is 16.1. The number of hydrogen-bond acceptors (Lipinski definition) is 3. The summed E-state index contributed by atoms with van der Waals surface area (Å²) in [7, 11) is 0. The number of nitrogens with zero attached hydrogens (tertiary/aromatic N) is 1. The highest BCUT2D eigenvalue weighted by Gasteiger charge is 2.01. The molecule has 0 spiro atoms. The molecule has 1 unspecified atom stereocenters. The normalized spacial score (nSPS) is 13.0. The van der Waals surface area contributed by atoms with Crippen molar-refractivity contribution in [1.29, 1.82) is 0 Å². The Morgan fingerprint density at radius 3 is 2.82 bits per heavy atom. The lowest BCUT2D eigenvalue weighted by molar-refractivity contribution is 0.726. The maximum atomic E-state index is 10.9. The van der Waals surface area contributed by atoms with E-state index in [1.807, 2.05) is 0 Å². The second kappa shape index (κ2) is 2.84. The van der Waals surface area contributed by atoms with E-state index in [0.29, 0.717) is 11.5 Å². The molecule has 0 radical (unpaired) electrons. The molecule has 0 fully saturated rings. The van der Waals surface area contributed by atoms with Crippen LogP contribution in [0.4, 0.5) is 0 Å². The van der Waals surface area contributed by atoms with E-state index in [4.69, 9.17) is 5.73 Å². The molecule has 0 aromatic carbocycles. The quantitative estimate of drug-likeness (QED) is 0.601. The molecule has 4 nitrogen and oxygen atoms in total. The first kappa shape index (κ1) is 7.94. The van der Waals surface area contributed by atoms with Gasteiger partial charge in [-0.25, -0.2) is 4.98 Å². The molecule has 3 N–H and O–H groups in total. The summed E-state index contributed by atoms with van der Waals surface area (Å²) in [5, 5.41) is 0. The van der Waals surface area contributed by atoms with Crippen LogP contribution in [0.25, 0.3) is 0 Å². The minimum atomic E-state index is -0.220. The molecule has 11 heavy (non-hydrogen) atoms. The van der Waals surface area contributed by atoms with Crippen molar-refractivity contribution < 1.29 is 0 Å². The van der Waals surface area contributed by atoms with Gasteiger partial charge in [-0.05, 0) is 13.8 Å². The van der Waals surface area contributed by atoms with E-state index in [1.54, 1.807) is 13.8 Å². The molecule has 0 saturated carbocycles. The fourth-order valence-electron chi connectivity index (χ4n) is 0.818. The Morgan fingerprint density at radius 1 is 1.73 bits per heavy atom. The van der Waals surface area contributed by atoms with Crippen LogP contribution in [-0.4, -0.2) is 9.97 Å². The smallest absolute Gasteiger partial charge is 0.251 e. The number of aromatic nitrogens is 2. The molecule has 0 saturated heterocycles. The Bertz CT molecular complexity index is 303. The van der Waals surface area contributed by atoms with Crippen LogP contribution in [0.5, 0.6) is 0 Å². The number of aryl methyl sites for hydroxylation is 1. The van der Waals surface area contributed by atoms with E-state index >= 15 is 0 Å². The van der Waals surface area contributed by atoms with Gasteiger partial charge in [0.2, 0.25) is 0 Å². The first-order valence-electron chi connectivity index (χ1n) is 3.43. The molecule has 0 aliphatic carbocycles. The van der Waals surface area contributed by atoms with Gasteiger partial charge < -0.3 is 10.7 Å². The Labute approximate surface area is 64.5 Å². The van der Waals surface area contributed by atoms with Gasteiger partial charge in [0.1, 0.15) is 5.82 Å². The van der Waals surface area contributed by atoms with Crippen molar-refractivity contribution in [3.8, 4) is 0 Å². The van der Waals surface area contributed by atoms with Crippen molar-refractivity contribution in [3.63, 3.8) is 0 Å². The van der Waals surface area contributed by atoms with Gasteiger partial charge in [-0.3, -0.25) is 4.79 Å². The summed E-state index contributed by atoms with van der Waals surface area (Å²) in [6.45, 7) is 3.54. The Hall–Kier alpha value is -1.16. The van der Waals surface area contributed by atoms with Crippen molar-refractivity contribution in [1.82, 2.24) is 9.97 Å². The molecule has 1 aromatic heterocycles. The average Bonchev–Trinajstić information content (AvgIpc) is 1.85. The van der Waals surface area contributed by atoms with Crippen LogP contribution in [0.3, 0.4) is 0 Å². The minimum absolute atomic E-state index is 0.148. The molecular formula is C7H11N3O. The average molecular weight is 153 g/mol. The molecule has 1 aromatic rings. The predicted molar refractivity (Wildman–Crippen MR) is 42.2 cm³/mol. The first-order chi connectivity index (χ1) is 5.09. The van der Waals surface area contributed by atoms with E-state index in [9.17, 15) is 4.79 Å². The SMILES string of the molecule is Cc1cc(=O)[nH]c(C(C)N)n1. The molecule has 1 heterocycles. The van der Waals surface area contributed by atoms with Crippen LogP contribution in [0.1, 0.15) is 24.5 Å². The summed E-state index contributed by atoms with van der Waals surface area (Å²) in [4.78, 5) is 17.5. The van der Waals surface area contributed by atoms with Crippen molar-refractivity contribution in [3.05, 3.63) is 27.9 Å². The molecule has 0 amide bonds. The Kier molecular flexibility index (Phi) is 2.05. The van der Waals surface area contributed by atoms with Crippen molar-refractivity contribution in [2.24, 2.45) is 5.73 Å². The summed E-state index contributed by atoms with van der Waals surface area (Å²) >= 11 is 0. The highest BCUT2D eigenvalue weighted by Crippen LogP contribution is 1.99. The molecular weight excluding hydrogens is 142 g/mol. The van der Waals surface area contributed by atoms with E-state index < -0.39 is 0 Å². The van der Waals surface area contributed by atoms with Crippen LogP contribution < -0.4 is 11.3 Å². The first-order valence-corrected chi connectivity index (χ1v) is 3.43. The third kappa shape index (κ3) is 1.88. The number of aromatic amines is 1. The van der Waals surface area contributed by atoms with E-state index in [1.165, 1.54) is 6.07 Å². The zero-order valence-corrected chi connectivity index (χ0v) is 6.59. The third-order valence-electron chi connectivity index (χ3n) is 1.32. The highest BCUT2D eigenvalue weighted by molar-refractivity contribution is 5.02. The lowest BCUT2D eigenvalue weighted by atomic mass is 10.3. The van der Waals surface area contributed by atoms with Gasteiger partial charge in [0.05, 0.1) is 6.04 Å². The second-order valence-electron chi connectivity index (χ2n) is 2.56. The number of hydrogen-bond donors (Lipinski definition) is 2. The Morgan fingerprint density at radius 2 is 2.36 bits per heavy atom. The summed E-state index contributed by atoms with van der Waals surface area (Å²) in [5.41, 5.74) is 6.07. The van der Waals surface area contributed by atoms with Gasteiger partial charge >= 0.3 is 0 Å². The number of nitrogens with one attached hydrogen (secondary N) is 1. The van der Waals surface area contributed by atoms with Crippen LogP contribution in [0, 0.1) is 6.92 Å². The largest absolute Gasteiger partial charge is 0.322 e. The number of H-pyrrole nitrogens is 1. The third-order valence-corrected chi connectivity index (χ3v) is 1.32. The van der Waals surface area contributed by atoms with Gasteiger partial charge in [0.25, 0.3) is 5.56 Å². The molecule has 0 aliphatic rings. The minimum Gasteiger partial charge on any atom is -0.322 e. The fourth-order valence-corrected chi connectivity index (χ4v) is 0.818. The topological polar surface area (TPSA) is 71.8 Å². The zero-order chi connectivity index (χ0) is 8.43. The van der Waals surface area contributed by atoms with Crippen LogP contribution >= 0.6 is 0 Å². The fraction of sp³-hybridized carbons (Fsp3) is 0.429. The van der Waals surface area contributed by atoms with E-state index in [-0.39, 0.29) is 11.6 Å². The molecule has 1 atom stereocenters. The zero-order valence-electron chi connectivity index (χ0n) is 6.59. The monoisotopic (exact) mass is 153 g/mol. The second-order valence-corrected chi connectivity index (χ2v) is 2.56. The van der Waals surface area contributed by atoms with Gasteiger partial charge in [-0.2, -0.15) is 0 Å². The molecule has 60 valence electrons. The number of nitrogens with two attached hydrogens (primary N) is 1. The number of rotatable bonds is 1. The van der Waals surface area contributed by atoms with Crippen LogP contribution in [0.15, 0.2) is 10.9 Å². The lowest BCUT2D eigenvalue weighted by Gasteiger charge is -2.03. The summed E-state index contributed by atoms with van der Waals surface area (Å²) in [6.07, 6.45) is 0. The standard InChI is InChI=1S/C7H11N3O/c1-4-3-6(11)10-7(9-4)5(2)8/h3,5H,8H2,1-2H3,(H,9,10,11). The lowest BCUT2D eigenvalue weighted by Crippen LogP contribution is -2.17. The van der Waals surface area contributed by atoms with Crippen molar-refractivity contribution >= 4 is 0 Å². The van der Waals surface area contributed by atoms with Gasteiger partial charge in [0.15, 0.2) is 0 Å². The van der Waals surface area contributed by atoms with Gasteiger partial charge in [0, 0.05) is 11.8 Å². The van der Waals surface area contributed by atoms with Crippen LogP contribution in [0.2, 0.25) is 0 Å². The summed E-state index contributed by atoms with van der Waals surface area (Å²) in [5.74, 6) is 0.537. The predicted octanol–water partition coefficient (Wildman–Crippen LogP) is 0.0980. The summed E-state index contributed by atoms with van der Waals surface area (Å²) in [6, 6.07) is 1.22. The van der Waals surface area contributed by atoms with E-state index in [2.05, 4.69) is 9.97 Å². The molecule has 1 rings (SSSR count). The van der Waals surface area contributed by atoms with Crippen molar-refractivity contribution in [2.75, 3.05) is 0 Å². The van der Waals surface area contributed by atoms with Gasteiger partial charge in [-0.1, -0.05) is 0 Å². The van der Waals surface area contributed by atoms with Crippen LogP contribution in [-0.2, 0) is 0 Å². The molecule has 0 aliphatic heterocycles. The Balaban J connectivity index is 3.19. The van der Waals surface area contributed by atoms with Gasteiger partial charge in [-0.15, -0.1) is 0 Å². The maximum absolute atomic E-state index is 10.9. The summed E-state index contributed by atoms with van der Waals surface area (Å²) < 4.78 is 0. The molecule has 4 heteroatoms. The van der Waals surface area contributed by atoms with Crippen molar-refractivity contribution in [2.45, 2.75) is 19.9 Å². The van der Waals surface area contributed by atoms with E-state index in [0.717, 1.165) is 0 Å². The molecule has 0 bridgehead atoms.